The predicted molar refractivity (Wildman–Crippen MR) is 60.5 cm³/mol. The zero-order valence-electron chi connectivity index (χ0n) is 9.64. The predicted octanol–water partition coefficient (Wildman–Crippen LogP) is 0.704. The van der Waals surface area contributed by atoms with Gasteiger partial charge in [-0.05, 0) is 33.6 Å². The van der Waals surface area contributed by atoms with Crippen LogP contribution in [0.3, 0.4) is 0 Å². The van der Waals surface area contributed by atoms with E-state index in [1.807, 2.05) is 13.8 Å². The summed E-state index contributed by atoms with van der Waals surface area (Å²) in [7, 11) is -3.09. The van der Waals surface area contributed by atoms with E-state index in [0.717, 1.165) is 0 Å². The highest BCUT2D eigenvalue weighted by molar-refractivity contribution is 7.92. The molecule has 0 radical (unpaired) electrons. The first kappa shape index (κ1) is 12.9. The molecule has 0 spiro atoms. The summed E-state index contributed by atoms with van der Waals surface area (Å²) in [6.07, 6.45) is 0.962. The average molecular weight is 235 g/mol. The lowest BCUT2D eigenvalue weighted by molar-refractivity contribution is 0.126. The minimum atomic E-state index is -3.09. The zero-order valence-corrected chi connectivity index (χ0v) is 10.5. The maximum atomic E-state index is 12.1. The summed E-state index contributed by atoms with van der Waals surface area (Å²) in [5.74, 6) is 0. The Hall–Kier alpha value is -0.130. The van der Waals surface area contributed by atoms with Crippen molar-refractivity contribution in [2.75, 3.05) is 6.61 Å². The van der Waals surface area contributed by atoms with E-state index < -0.39 is 9.84 Å². The van der Waals surface area contributed by atoms with Crippen LogP contribution in [0.15, 0.2) is 0 Å². The smallest absolute Gasteiger partial charge is 0.158 e. The molecule has 0 saturated carbocycles. The van der Waals surface area contributed by atoms with Crippen LogP contribution in [-0.2, 0) is 14.6 Å². The molecule has 5 heteroatoms. The molecule has 1 rings (SSSR count). The third kappa shape index (κ3) is 2.92. The normalized spacial score (nSPS) is 31.5. The van der Waals surface area contributed by atoms with Crippen molar-refractivity contribution < 1.29 is 13.2 Å². The molecule has 0 aromatic heterocycles. The van der Waals surface area contributed by atoms with E-state index in [0.29, 0.717) is 19.4 Å². The van der Waals surface area contributed by atoms with Crippen LogP contribution in [0.2, 0.25) is 0 Å². The maximum Gasteiger partial charge on any atom is 0.158 e. The van der Waals surface area contributed by atoms with Crippen molar-refractivity contribution in [3.05, 3.63) is 0 Å². The Morgan fingerprint density at radius 3 is 2.47 bits per heavy atom. The quantitative estimate of drug-likeness (QED) is 0.779. The minimum Gasteiger partial charge on any atom is -0.377 e. The van der Waals surface area contributed by atoms with E-state index in [1.54, 1.807) is 6.92 Å². The Morgan fingerprint density at radius 1 is 1.47 bits per heavy atom. The third-order valence-electron chi connectivity index (χ3n) is 2.99. The molecule has 15 heavy (non-hydrogen) atoms. The van der Waals surface area contributed by atoms with Gasteiger partial charge in [-0.2, -0.15) is 0 Å². The fourth-order valence-electron chi connectivity index (χ4n) is 2.10. The monoisotopic (exact) mass is 235 g/mol. The first-order chi connectivity index (χ1) is 6.85. The van der Waals surface area contributed by atoms with Gasteiger partial charge in [0.25, 0.3) is 0 Å². The van der Waals surface area contributed by atoms with Crippen LogP contribution in [0.25, 0.3) is 0 Å². The molecule has 4 unspecified atom stereocenters. The van der Waals surface area contributed by atoms with Crippen molar-refractivity contribution in [2.45, 2.75) is 56.3 Å². The molecule has 0 aromatic rings. The number of sulfone groups is 1. The number of ether oxygens (including phenoxy) is 1. The molecule has 0 amide bonds. The highest BCUT2D eigenvalue weighted by Gasteiger charge is 2.38. The fraction of sp³-hybridized carbons (Fsp3) is 1.00. The van der Waals surface area contributed by atoms with Gasteiger partial charge >= 0.3 is 0 Å². The molecular formula is C10H21NO3S. The molecule has 1 saturated heterocycles. The summed E-state index contributed by atoms with van der Waals surface area (Å²) in [6, 6.07) is -0.0765. The van der Waals surface area contributed by atoms with Gasteiger partial charge in [-0.1, -0.05) is 0 Å². The van der Waals surface area contributed by atoms with Gasteiger partial charge in [0.1, 0.15) is 0 Å². The summed E-state index contributed by atoms with van der Waals surface area (Å²) >= 11 is 0. The van der Waals surface area contributed by atoms with Gasteiger partial charge in [-0.3, -0.25) is 0 Å². The second kappa shape index (κ2) is 4.80. The fourth-order valence-corrected chi connectivity index (χ4v) is 4.31. The molecular weight excluding hydrogens is 214 g/mol. The van der Waals surface area contributed by atoms with Gasteiger partial charge in [0.05, 0.1) is 16.6 Å². The van der Waals surface area contributed by atoms with Crippen molar-refractivity contribution >= 4 is 9.84 Å². The Kier molecular flexibility index (Phi) is 4.14. The maximum absolute atomic E-state index is 12.1. The van der Waals surface area contributed by atoms with Gasteiger partial charge in [0.15, 0.2) is 9.84 Å². The molecule has 0 bridgehead atoms. The molecule has 4 atom stereocenters. The number of rotatable bonds is 4. The van der Waals surface area contributed by atoms with Gasteiger partial charge in [-0.25, -0.2) is 8.42 Å². The molecule has 1 aliphatic heterocycles. The Labute approximate surface area is 92.1 Å². The van der Waals surface area contributed by atoms with E-state index in [9.17, 15) is 8.42 Å². The van der Waals surface area contributed by atoms with Crippen molar-refractivity contribution in [3.63, 3.8) is 0 Å². The van der Waals surface area contributed by atoms with Crippen LogP contribution in [0.1, 0.15) is 33.6 Å². The van der Waals surface area contributed by atoms with Gasteiger partial charge < -0.3 is 10.5 Å². The Balaban J connectivity index is 2.73. The van der Waals surface area contributed by atoms with Crippen molar-refractivity contribution in [1.82, 2.24) is 0 Å². The first-order valence-electron chi connectivity index (χ1n) is 5.45. The Morgan fingerprint density at radius 2 is 2.07 bits per heavy atom. The molecule has 1 heterocycles. The van der Waals surface area contributed by atoms with Crippen molar-refractivity contribution in [1.29, 1.82) is 0 Å². The Bertz CT molecular complexity index is 300. The topological polar surface area (TPSA) is 69.4 Å². The van der Waals surface area contributed by atoms with E-state index in [4.69, 9.17) is 10.5 Å². The molecule has 90 valence electrons. The SMILES string of the molecule is CC(N)CC(C)S(=O)(=O)C1CCOC1C. The summed E-state index contributed by atoms with van der Waals surface area (Å²) in [5.41, 5.74) is 5.63. The van der Waals surface area contributed by atoms with Gasteiger partial charge in [0.2, 0.25) is 0 Å². The third-order valence-corrected chi connectivity index (χ3v) is 5.77. The molecule has 4 nitrogen and oxygen atoms in total. The lowest BCUT2D eigenvalue weighted by atomic mass is 10.2. The van der Waals surface area contributed by atoms with E-state index in [-0.39, 0.29) is 22.6 Å². The number of nitrogens with two attached hydrogens (primary N) is 1. The largest absolute Gasteiger partial charge is 0.377 e. The van der Waals surface area contributed by atoms with Crippen LogP contribution in [0, 0.1) is 0 Å². The second-order valence-corrected chi connectivity index (χ2v) is 7.10. The lowest BCUT2D eigenvalue weighted by Crippen LogP contribution is -2.37. The van der Waals surface area contributed by atoms with Crippen LogP contribution < -0.4 is 5.73 Å². The summed E-state index contributed by atoms with van der Waals surface area (Å²) in [4.78, 5) is 0. The summed E-state index contributed by atoms with van der Waals surface area (Å²) in [5, 5.41) is -0.710. The van der Waals surface area contributed by atoms with E-state index in [2.05, 4.69) is 0 Å². The van der Waals surface area contributed by atoms with Crippen LogP contribution in [0.4, 0.5) is 0 Å². The zero-order chi connectivity index (χ0) is 11.6. The minimum absolute atomic E-state index is 0.0765. The molecule has 1 aliphatic rings. The molecule has 2 N–H and O–H groups in total. The highest BCUT2D eigenvalue weighted by Crippen LogP contribution is 2.25. The van der Waals surface area contributed by atoms with Crippen LogP contribution >= 0.6 is 0 Å². The average Bonchev–Trinajstić information content (AvgIpc) is 2.50. The van der Waals surface area contributed by atoms with Crippen LogP contribution in [-0.4, -0.2) is 37.7 Å². The second-order valence-electron chi connectivity index (χ2n) is 4.52. The van der Waals surface area contributed by atoms with Crippen molar-refractivity contribution in [3.8, 4) is 0 Å². The summed E-state index contributed by atoms with van der Waals surface area (Å²) in [6.45, 7) is 5.95. The summed E-state index contributed by atoms with van der Waals surface area (Å²) < 4.78 is 29.6. The van der Waals surface area contributed by atoms with Gasteiger partial charge in [-0.15, -0.1) is 0 Å². The number of hydrogen-bond acceptors (Lipinski definition) is 4. The van der Waals surface area contributed by atoms with Gasteiger partial charge in [0, 0.05) is 12.6 Å². The van der Waals surface area contributed by atoms with Crippen LogP contribution in [0.5, 0.6) is 0 Å². The molecule has 0 aliphatic carbocycles. The highest BCUT2D eigenvalue weighted by atomic mass is 32.2. The van der Waals surface area contributed by atoms with E-state index >= 15 is 0 Å². The standard InChI is InChI=1S/C10H21NO3S/c1-7(11)6-8(2)15(12,13)10-4-5-14-9(10)3/h7-10H,4-6,11H2,1-3H3. The van der Waals surface area contributed by atoms with Crippen molar-refractivity contribution in [2.24, 2.45) is 5.73 Å². The van der Waals surface area contributed by atoms with E-state index in [1.165, 1.54) is 0 Å². The molecule has 1 fully saturated rings. The lowest BCUT2D eigenvalue weighted by Gasteiger charge is -2.21. The first-order valence-corrected chi connectivity index (χ1v) is 7.06. The molecule has 0 aromatic carbocycles. The number of hydrogen-bond donors (Lipinski definition) is 1.